The largest absolute Gasteiger partial charge is 0.497 e. The van der Waals surface area contributed by atoms with Gasteiger partial charge >= 0.3 is 0 Å². The van der Waals surface area contributed by atoms with Gasteiger partial charge < -0.3 is 14.2 Å². The third kappa shape index (κ3) is 7.78. The topological polar surface area (TPSA) is 82.2 Å². The minimum absolute atomic E-state index is 0.0134. The van der Waals surface area contributed by atoms with Crippen molar-refractivity contribution in [1.29, 1.82) is 0 Å². The van der Waals surface area contributed by atoms with Gasteiger partial charge in [0.05, 0.1) is 13.3 Å². The fourth-order valence-electron chi connectivity index (χ4n) is 4.60. The number of likely N-dealkylation sites (N-methyl/N-ethyl adjacent to an activating group) is 1. The van der Waals surface area contributed by atoms with E-state index in [0.717, 1.165) is 33.6 Å². The zero-order valence-corrected chi connectivity index (χ0v) is 25.1. The maximum absolute atomic E-state index is 13.4. The van der Waals surface area contributed by atoms with Crippen LogP contribution >= 0.6 is 11.8 Å². The second-order valence-corrected chi connectivity index (χ2v) is 11.2. The number of thioether (sulfide) groups is 1. The zero-order valence-electron chi connectivity index (χ0n) is 24.2. The Morgan fingerprint density at radius 2 is 1.58 bits per heavy atom. The number of aryl methyl sites for hydroxylation is 1. The first-order valence-electron chi connectivity index (χ1n) is 13.7. The van der Waals surface area contributed by atoms with Crippen molar-refractivity contribution < 1.29 is 13.9 Å². The summed E-state index contributed by atoms with van der Waals surface area (Å²) in [6, 6.07) is 22.2. The molecule has 2 heterocycles. The summed E-state index contributed by atoms with van der Waals surface area (Å²) in [5, 5.41) is 4.61. The predicted molar refractivity (Wildman–Crippen MR) is 165 cm³/mol. The van der Waals surface area contributed by atoms with Gasteiger partial charge in [0.25, 0.3) is 5.56 Å². The molecular weight excluding hydrogens is 565 g/mol. The van der Waals surface area contributed by atoms with Crippen molar-refractivity contribution in [3.63, 3.8) is 0 Å². The van der Waals surface area contributed by atoms with E-state index in [4.69, 9.17) is 4.74 Å². The number of amides is 1. The highest BCUT2D eigenvalue weighted by Gasteiger charge is 2.16. The van der Waals surface area contributed by atoms with Gasteiger partial charge in [-0.1, -0.05) is 60.3 Å². The minimum Gasteiger partial charge on any atom is -0.497 e. The molecule has 0 N–H and O–H groups in total. The summed E-state index contributed by atoms with van der Waals surface area (Å²) in [5.74, 6) is 0.840. The number of hydrogen-bond donors (Lipinski definition) is 0. The number of methoxy groups -OCH3 is 1. The zero-order chi connectivity index (χ0) is 30.3. The average molecular weight is 598 g/mol. The number of rotatable bonds is 11. The van der Waals surface area contributed by atoms with E-state index in [1.807, 2.05) is 61.8 Å². The van der Waals surface area contributed by atoms with Gasteiger partial charge in [0.1, 0.15) is 18.1 Å². The lowest BCUT2D eigenvalue weighted by atomic mass is 10.0. The molecule has 5 rings (SSSR count). The maximum Gasteiger partial charge on any atom is 0.277 e. The van der Waals surface area contributed by atoms with Crippen molar-refractivity contribution in [3.8, 4) is 16.9 Å². The van der Waals surface area contributed by atoms with Crippen LogP contribution in [0, 0.1) is 5.82 Å². The van der Waals surface area contributed by atoms with Gasteiger partial charge in [-0.2, -0.15) is 10.1 Å². The summed E-state index contributed by atoms with van der Waals surface area (Å²) < 4.78 is 22.0. The monoisotopic (exact) mass is 597 g/mol. The Labute approximate surface area is 253 Å². The van der Waals surface area contributed by atoms with E-state index >= 15 is 0 Å². The summed E-state index contributed by atoms with van der Waals surface area (Å²) in [5.41, 5.74) is 5.03. The van der Waals surface area contributed by atoms with Crippen LogP contribution in [0.25, 0.3) is 11.1 Å². The molecular formula is C33H32FN5O3S. The third-order valence-electron chi connectivity index (χ3n) is 6.99. The van der Waals surface area contributed by atoms with Crippen molar-refractivity contribution in [2.45, 2.75) is 30.4 Å². The lowest BCUT2D eigenvalue weighted by molar-refractivity contribution is -0.131. The first-order chi connectivity index (χ1) is 20.8. The number of aromatic nitrogens is 4. The average Bonchev–Trinajstić information content (AvgIpc) is 3.43. The minimum atomic E-state index is -0.348. The Bertz CT molecular complexity index is 1750. The number of benzene rings is 3. The van der Waals surface area contributed by atoms with Gasteiger partial charge in [0.15, 0.2) is 5.16 Å². The van der Waals surface area contributed by atoms with Crippen LogP contribution in [0.5, 0.6) is 5.75 Å². The SMILES string of the molecule is COc1ccc(-c2ccc(CN(C)C(=O)Cn3cc(Cc4cnn(C)c4)c(=O)nc3SCc3ccc(F)cc3)cc2)cc1. The van der Waals surface area contributed by atoms with Gasteiger partial charge in [-0.15, -0.1) is 0 Å². The summed E-state index contributed by atoms with van der Waals surface area (Å²) in [7, 11) is 5.22. The van der Waals surface area contributed by atoms with E-state index < -0.39 is 0 Å². The van der Waals surface area contributed by atoms with Crippen LogP contribution in [0.4, 0.5) is 4.39 Å². The van der Waals surface area contributed by atoms with Gasteiger partial charge in [-0.25, -0.2) is 4.39 Å². The molecule has 0 bridgehead atoms. The number of ether oxygens (including phenoxy) is 1. The Hall–Kier alpha value is -4.70. The molecule has 0 saturated carbocycles. The molecule has 43 heavy (non-hydrogen) atoms. The molecule has 0 fully saturated rings. The Kier molecular flexibility index (Phi) is 9.36. The van der Waals surface area contributed by atoms with Crippen LogP contribution in [-0.4, -0.2) is 44.3 Å². The molecule has 0 aliphatic heterocycles. The molecule has 1 amide bonds. The van der Waals surface area contributed by atoms with Crippen molar-refractivity contribution >= 4 is 17.7 Å². The highest BCUT2D eigenvalue weighted by Crippen LogP contribution is 2.24. The quantitative estimate of drug-likeness (QED) is 0.151. The third-order valence-corrected chi connectivity index (χ3v) is 8.05. The van der Waals surface area contributed by atoms with E-state index in [2.05, 4.69) is 10.1 Å². The number of hydrogen-bond acceptors (Lipinski definition) is 6. The van der Waals surface area contributed by atoms with Crippen molar-refractivity contribution in [3.05, 3.63) is 130 Å². The molecule has 0 unspecified atom stereocenters. The fourth-order valence-corrected chi connectivity index (χ4v) is 5.52. The highest BCUT2D eigenvalue weighted by molar-refractivity contribution is 7.98. The normalized spacial score (nSPS) is 11.0. The lowest BCUT2D eigenvalue weighted by Crippen LogP contribution is -2.31. The second kappa shape index (κ2) is 13.5. The van der Waals surface area contributed by atoms with Gasteiger partial charge in [-0.3, -0.25) is 14.3 Å². The fraction of sp³-hybridized carbons (Fsp3) is 0.212. The molecule has 220 valence electrons. The summed E-state index contributed by atoms with van der Waals surface area (Å²) in [6.07, 6.45) is 5.62. The van der Waals surface area contributed by atoms with Crippen LogP contribution in [0.3, 0.4) is 0 Å². The molecule has 0 atom stereocenters. The summed E-state index contributed by atoms with van der Waals surface area (Å²) >= 11 is 1.33. The molecule has 0 spiro atoms. The van der Waals surface area contributed by atoms with E-state index in [-0.39, 0.29) is 23.8 Å². The van der Waals surface area contributed by atoms with Gasteiger partial charge in [0.2, 0.25) is 5.91 Å². The molecule has 5 aromatic rings. The number of carbonyl (C=O) groups excluding carboxylic acids is 1. The van der Waals surface area contributed by atoms with Gasteiger partial charge in [0, 0.05) is 50.8 Å². The molecule has 0 saturated heterocycles. The smallest absolute Gasteiger partial charge is 0.277 e. The van der Waals surface area contributed by atoms with Gasteiger partial charge in [-0.05, 0) is 52.1 Å². The predicted octanol–water partition coefficient (Wildman–Crippen LogP) is 5.33. The summed E-state index contributed by atoms with van der Waals surface area (Å²) in [4.78, 5) is 32.4. The molecule has 8 nitrogen and oxygen atoms in total. The van der Waals surface area contributed by atoms with Crippen LogP contribution in [0.15, 0.2) is 101 Å². The summed E-state index contributed by atoms with van der Waals surface area (Å²) in [6.45, 7) is 0.440. The molecule has 0 aliphatic carbocycles. The van der Waals surface area contributed by atoms with Crippen LogP contribution in [-0.2, 0) is 37.1 Å². The Morgan fingerprint density at radius 1 is 0.930 bits per heavy atom. The van der Waals surface area contributed by atoms with Crippen LogP contribution in [0.2, 0.25) is 0 Å². The Morgan fingerprint density at radius 3 is 2.21 bits per heavy atom. The maximum atomic E-state index is 13.4. The van der Waals surface area contributed by atoms with E-state index in [9.17, 15) is 14.0 Å². The Balaban J connectivity index is 1.31. The number of carbonyl (C=O) groups is 1. The van der Waals surface area contributed by atoms with Crippen molar-refractivity contribution in [2.75, 3.05) is 14.2 Å². The second-order valence-electron chi connectivity index (χ2n) is 10.3. The molecule has 2 aromatic heterocycles. The van der Waals surface area contributed by atoms with E-state index in [0.29, 0.717) is 29.4 Å². The molecule has 10 heteroatoms. The van der Waals surface area contributed by atoms with E-state index in [1.165, 1.54) is 23.9 Å². The molecule has 3 aromatic carbocycles. The van der Waals surface area contributed by atoms with Crippen LogP contribution in [0.1, 0.15) is 22.3 Å². The number of halogens is 1. The highest BCUT2D eigenvalue weighted by atomic mass is 32.2. The van der Waals surface area contributed by atoms with E-state index in [1.54, 1.807) is 52.8 Å². The first-order valence-corrected chi connectivity index (χ1v) is 14.7. The van der Waals surface area contributed by atoms with Crippen LogP contribution < -0.4 is 10.3 Å². The molecule has 0 radical (unpaired) electrons. The standard InChI is InChI=1S/C33H32FN5O3S/c1-37(18-23-4-8-26(9-5-23)27-10-14-30(42-3)15-11-27)31(40)21-39-20-28(16-25-17-35-38(2)19-25)32(41)36-33(39)43-22-24-6-12-29(34)13-7-24/h4-15,17,19-20H,16,18,21-22H2,1-3H3. The lowest BCUT2D eigenvalue weighted by Gasteiger charge is -2.20. The molecule has 0 aliphatic rings. The first kappa shape index (κ1) is 29.8. The van der Waals surface area contributed by atoms with Crippen molar-refractivity contribution in [1.82, 2.24) is 24.2 Å². The number of nitrogens with zero attached hydrogens (tertiary/aromatic N) is 5. The van der Waals surface area contributed by atoms with Crippen molar-refractivity contribution in [2.24, 2.45) is 7.05 Å².